The van der Waals surface area contributed by atoms with E-state index in [4.69, 9.17) is 4.98 Å². The molecule has 16 heavy (non-hydrogen) atoms. The summed E-state index contributed by atoms with van der Waals surface area (Å²) in [6.45, 7) is 4.44. The van der Waals surface area contributed by atoms with Crippen molar-refractivity contribution in [1.82, 2.24) is 14.9 Å². The Hall–Kier alpha value is -1.16. The van der Waals surface area contributed by atoms with Crippen LogP contribution in [0.1, 0.15) is 42.8 Å². The van der Waals surface area contributed by atoms with Crippen molar-refractivity contribution in [3.05, 3.63) is 27.4 Å². The van der Waals surface area contributed by atoms with Crippen LogP contribution in [-0.4, -0.2) is 16.1 Å². The first-order valence-corrected chi connectivity index (χ1v) is 6.14. The highest BCUT2D eigenvalue weighted by molar-refractivity contribution is 5.24. The van der Waals surface area contributed by atoms with Gasteiger partial charge in [0.15, 0.2) is 0 Å². The van der Waals surface area contributed by atoms with E-state index in [1.807, 2.05) is 11.5 Å². The molecule has 0 saturated heterocycles. The molecule has 0 bridgehead atoms. The minimum Gasteiger partial charge on any atom is -0.311 e. The Kier molecular flexibility index (Phi) is 2.32. The molecule has 1 aromatic heterocycles. The van der Waals surface area contributed by atoms with E-state index in [0.717, 1.165) is 43.1 Å². The third kappa shape index (κ3) is 1.48. The lowest BCUT2D eigenvalue weighted by Gasteiger charge is -2.19. The highest BCUT2D eigenvalue weighted by Gasteiger charge is 2.30. The molecule has 1 aliphatic heterocycles. The summed E-state index contributed by atoms with van der Waals surface area (Å²) in [6, 6.07) is 0. The van der Waals surface area contributed by atoms with Gasteiger partial charge in [-0.3, -0.25) is 9.36 Å². The molecule has 1 aromatic rings. The number of nitrogens with zero attached hydrogens (tertiary/aromatic N) is 2. The van der Waals surface area contributed by atoms with E-state index in [0.29, 0.717) is 5.92 Å². The van der Waals surface area contributed by atoms with Gasteiger partial charge >= 0.3 is 0 Å². The van der Waals surface area contributed by atoms with Gasteiger partial charge in [-0.1, -0.05) is 0 Å². The number of rotatable bonds is 2. The van der Waals surface area contributed by atoms with E-state index >= 15 is 0 Å². The van der Waals surface area contributed by atoms with Crippen molar-refractivity contribution in [2.24, 2.45) is 0 Å². The van der Waals surface area contributed by atoms with Gasteiger partial charge in [0.1, 0.15) is 5.82 Å². The second-order valence-corrected chi connectivity index (χ2v) is 4.65. The number of hydrogen-bond donors (Lipinski definition) is 1. The summed E-state index contributed by atoms with van der Waals surface area (Å²) >= 11 is 0. The van der Waals surface area contributed by atoms with Crippen LogP contribution in [0.15, 0.2) is 4.79 Å². The lowest BCUT2D eigenvalue weighted by Crippen LogP contribution is -2.36. The van der Waals surface area contributed by atoms with Gasteiger partial charge in [-0.15, -0.1) is 0 Å². The van der Waals surface area contributed by atoms with Crippen molar-refractivity contribution in [2.45, 2.75) is 45.2 Å². The summed E-state index contributed by atoms with van der Waals surface area (Å²) in [4.78, 5) is 17.0. The Morgan fingerprint density at radius 1 is 1.50 bits per heavy atom. The van der Waals surface area contributed by atoms with Crippen molar-refractivity contribution in [2.75, 3.05) is 6.54 Å². The van der Waals surface area contributed by atoms with Gasteiger partial charge in [0.2, 0.25) is 0 Å². The molecule has 1 aliphatic carbocycles. The molecule has 0 spiro atoms. The fourth-order valence-electron chi connectivity index (χ4n) is 2.43. The predicted octanol–water partition coefficient (Wildman–Crippen LogP) is 0.786. The van der Waals surface area contributed by atoms with Crippen LogP contribution in [0.4, 0.5) is 0 Å². The van der Waals surface area contributed by atoms with Gasteiger partial charge in [0, 0.05) is 24.6 Å². The predicted molar refractivity (Wildman–Crippen MR) is 61.6 cm³/mol. The number of hydrogen-bond acceptors (Lipinski definition) is 3. The molecule has 1 saturated carbocycles. The molecule has 3 rings (SSSR count). The van der Waals surface area contributed by atoms with Crippen LogP contribution in [0.25, 0.3) is 0 Å². The van der Waals surface area contributed by atoms with Crippen molar-refractivity contribution < 1.29 is 0 Å². The zero-order chi connectivity index (χ0) is 11.1. The van der Waals surface area contributed by atoms with Crippen molar-refractivity contribution in [3.8, 4) is 0 Å². The molecular weight excluding hydrogens is 202 g/mol. The van der Waals surface area contributed by atoms with E-state index in [2.05, 4.69) is 5.32 Å². The maximum atomic E-state index is 12.3. The Morgan fingerprint density at radius 2 is 2.31 bits per heavy atom. The molecular formula is C12H17N3O. The van der Waals surface area contributed by atoms with E-state index in [9.17, 15) is 4.79 Å². The van der Waals surface area contributed by atoms with Gasteiger partial charge in [0.05, 0.1) is 5.69 Å². The van der Waals surface area contributed by atoms with Gasteiger partial charge in [-0.05, 0) is 32.7 Å². The minimum atomic E-state index is 0.205. The first-order valence-electron chi connectivity index (χ1n) is 6.14. The van der Waals surface area contributed by atoms with E-state index in [1.165, 1.54) is 12.8 Å². The molecule has 86 valence electrons. The molecule has 0 atom stereocenters. The summed E-state index contributed by atoms with van der Waals surface area (Å²) in [6.07, 6.45) is 3.21. The zero-order valence-corrected chi connectivity index (χ0v) is 9.62. The Bertz CT molecular complexity index is 474. The topological polar surface area (TPSA) is 46.9 Å². The highest BCUT2D eigenvalue weighted by atomic mass is 16.1. The fourth-order valence-corrected chi connectivity index (χ4v) is 2.43. The normalized spacial score (nSPS) is 19.6. The quantitative estimate of drug-likeness (QED) is 0.800. The second-order valence-electron chi connectivity index (χ2n) is 4.65. The highest BCUT2D eigenvalue weighted by Crippen LogP contribution is 2.38. The SMILES string of the molecule is CCn1c(C2CC2)nc2c(c1=O)CCNC2. The van der Waals surface area contributed by atoms with Gasteiger partial charge < -0.3 is 5.32 Å². The first kappa shape index (κ1) is 10.0. The molecule has 1 N–H and O–H groups in total. The average Bonchev–Trinajstić information content (AvgIpc) is 3.13. The van der Waals surface area contributed by atoms with Gasteiger partial charge in [-0.2, -0.15) is 0 Å². The van der Waals surface area contributed by atoms with Crippen LogP contribution in [-0.2, 0) is 19.5 Å². The van der Waals surface area contributed by atoms with Crippen LogP contribution in [0, 0.1) is 0 Å². The molecule has 0 unspecified atom stereocenters. The minimum absolute atomic E-state index is 0.205. The second kappa shape index (κ2) is 3.70. The molecule has 4 nitrogen and oxygen atoms in total. The standard InChI is InChI=1S/C12H17N3O/c1-2-15-11(8-3-4-8)14-10-7-13-6-5-9(10)12(15)16/h8,13H,2-7H2,1H3. The lowest BCUT2D eigenvalue weighted by molar-refractivity contribution is 0.569. The molecule has 1 fully saturated rings. The summed E-state index contributed by atoms with van der Waals surface area (Å²) in [5.74, 6) is 1.56. The average molecular weight is 219 g/mol. The van der Waals surface area contributed by atoms with E-state index in [-0.39, 0.29) is 5.56 Å². The third-order valence-electron chi connectivity index (χ3n) is 3.48. The van der Waals surface area contributed by atoms with E-state index < -0.39 is 0 Å². The van der Waals surface area contributed by atoms with Gasteiger partial charge in [0.25, 0.3) is 5.56 Å². The maximum Gasteiger partial charge on any atom is 0.257 e. The largest absolute Gasteiger partial charge is 0.311 e. The van der Waals surface area contributed by atoms with Crippen LogP contribution < -0.4 is 10.9 Å². The number of nitrogens with one attached hydrogen (secondary N) is 1. The summed E-state index contributed by atoms with van der Waals surface area (Å²) in [7, 11) is 0. The van der Waals surface area contributed by atoms with Crippen molar-refractivity contribution in [3.63, 3.8) is 0 Å². The number of aromatic nitrogens is 2. The molecule has 4 heteroatoms. The maximum absolute atomic E-state index is 12.3. The van der Waals surface area contributed by atoms with Crippen LogP contribution in [0.3, 0.4) is 0 Å². The summed E-state index contributed by atoms with van der Waals surface area (Å²) in [5, 5.41) is 3.28. The van der Waals surface area contributed by atoms with Crippen LogP contribution in [0.5, 0.6) is 0 Å². The Labute approximate surface area is 94.7 Å². The molecule has 0 radical (unpaired) electrons. The van der Waals surface area contributed by atoms with E-state index in [1.54, 1.807) is 0 Å². The smallest absolute Gasteiger partial charge is 0.257 e. The number of fused-ring (bicyclic) bond motifs is 1. The summed E-state index contributed by atoms with van der Waals surface area (Å²) < 4.78 is 1.88. The molecule has 2 heterocycles. The Morgan fingerprint density at radius 3 is 3.00 bits per heavy atom. The van der Waals surface area contributed by atoms with Crippen LogP contribution in [0.2, 0.25) is 0 Å². The van der Waals surface area contributed by atoms with Crippen molar-refractivity contribution in [1.29, 1.82) is 0 Å². The molecule has 0 amide bonds. The summed E-state index contributed by atoms with van der Waals surface area (Å²) in [5.41, 5.74) is 2.13. The monoisotopic (exact) mass is 219 g/mol. The zero-order valence-electron chi connectivity index (χ0n) is 9.62. The lowest BCUT2D eigenvalue weighted by atomic mass is 10.1. The first-order chi connectivity index (χ1) is 7.81. The Balaban J connectivity index is 2.18. The fraction of sp³-hybridized carbons (Fsp3) is 0.667. The van der Waals surface area contributed by atoms with Crippen LogP contribution >= 0.6 is 0 Å². The molecule has 2 aliphatic rings. The van der Waals surface area contributed by atoms with Crippen molar-refractivity contribution >= 4 is 0 Å². The third-order valence-corrected chi connectivity index (χ3v) is 3.48. The van der Waals surface area contributed by atoms with Gasteiger partial charge in [-0.25, -0.2) is 4.98 Å². The molecule has 0 aromatic carbocycles.